The number of hydrogen-bond donors (Lipinski definition) is 1. The van der Waals surface area contributed by atoms with Crippen LogP contribution in [0.25, 0.3) is 22.2 Å². The molecule has 28 heavy (non-hydrogen) atoms. The van der Waals surface area contributed by atoms with Gasteiger partial charge >= 0.3 is 0 Å². The second-order valence-electron chi connectivity index (χ2n) is 6.14. The Morgan fingerprint density at radius 3 is 2.50 bits per heavy atom. The maximum absolute atomic E-state index is 13.6. The van der Waals surface area contributed by atoms with Gasteiger partial charge in [-0.3, -0.25) is 0 Å². The van der Waals surface area contributed by atoms with Crippen LogP contribution in [0, 0.1) is 6.92 Å². The summed E-state index contributed by atoms with van der Waals surface area (Å²) in [5.74, 6) is 0.146. The Bertz CT molecular complexity index is 1290. The molecule has 0 radical (unpaired) electrons. The molecular weight excluding hydrogens is 380 g/mol. The molecule has 3 aromatic carbocycles. The molecule has 4 rings (SSSR count). The Kier molecular flexibility index (Phi) is 4.27. The number of nitrogens with zero attached hydrogens (tertiary/aromatic N) is 2. The van der Waals surface area contributed by atoms with Crippen molar-refractivity contribution in [3.63, 3.8) is 0 Å². The van der Waals surface area contributed by atoms with E-state index in [1.807, 2.05) is 18.2 Å². The van der Waals surface area contributed by atoms with Crippen LogP contribution < -0.4 is 4.74 Å². The summed E-state index contributed by atoms with van der Waals surface area (Å²) in [4.78, 5) is 4.17. The van der Waals surface area contributed by atoms with Crippen molar-refractivity contribution < 1.29 is 22.8 Å². The molecule has 1 heterocycles. The first-order chi connectivity index (χ1) is 13.4. The van der Waals surface area contributed by atoms with E-state index in [9.17, 15) is 13.5 Å². The van der Waals surface area contributed by atoms with Crippen LogP contribution in [-0.2, 0) is 9.84 Å². The van der Waals surface area contributed by atoms with Crippen molar-refractivity contribution in [3.8, 4) is 22.9 Å². The SMILES string of the molecule is COc1cc(S(=O)(=O)c2cccc3ccccc23)c(-c2noc(C)n2)cc1O. The van der Waals surface area contributed by atoms with E-state index >= 15 is 0 Å². The van der Waals surface area contributed by atoms with Gasteiger partial charge in [0, 0.05) is 23.9 Å². The van der Waals surface area contributed by atoms with Gasteiger partial charge in [-0.2, -0.15) is 4.98 Å². The van der Waals surface area contributed by atoms with Gasteiger partial charge in [0.2, 0.25) is 21.6 Å². The predicted octanol–water partition coefficient (Wildman–Crippen LogP) is 3.75. The molecule has 0 aliphatic heterocycles. The number of aromatic nitrogens is 2. The van der Waals surface area contributed by atoms with Gasteiger partial charge in [-0.05, 0) is 17.5 Å². The smallest absolute Gasteiger partial charge is 0.223 e. The van der Waals surface area contributed by atoms with Crippen molar-refractivity contribution in [3.05, 3.63) is 60.5 Å². The average molecular weight is 396 g/mol. The number of benzene rings is 3. The number of sulfone groups is 1. The number of ether oxygens (including phenoxy) is 1. The molecule has 0 fully saturated rings. The van der Waals surface area contributed by atoms with Crippen molar-refractivity contribution in [2.75, 3.05) is 7.11 Å². The summed E-state index contributed by atoms with van der Waals surface area (Å²) in [5.41, 5.74) is 0.128. The summed E-state index contributed by atoms with van der Waals surface area (Å²) in [6.45, 7) is 1.60. The van der Waals surface area contributed by atoms with Crippen LogP contribution >= 0.6 is 0 Å². The molecule has 1 N–H and O–H groups in total. The van der Waals surface area contributed by atoms with E-state index in [1.165, 1.54) is 19.2 Å². The lowest BCUT2D eigenvalue weighted by atomic mass is 10.1. The summed E-state index contributed by atoms with van der Waals surface area (Å²) < 4.78 is 37.3. The Morgan fingerprint density at radius 2 is 1.79 bits per heavy atom. The van der Waals surface area contributed by atoms with Crippen molar-refractivity contribution in [1.82, 2.24) is 10.1 Å². The van der Waals surface area contributed by atoms with Gasteiger partial charge in [-0.1, -0.05) is 41.6 Å². The van der Waals surface area contributed by atoms with E-state index in [0.29, 0.717) is 5.39 Å². The van der Waals surface area contributed by atoms with Crippen LogP contribution in [0.5, 0.6) is 11.5 Å². The number of rotatable bonds is 4. The first-order valence-corrected chi connectivity index (χ1v) is 9.84. The summed E-state index contributed by atoms with van der Waals surface area (Å²) >= 11 is 0. The fourth-order valence-electron chi connectivity index (χ4n) is 3.07. The number of hydrogen-bond acceptors (Lipinski definition) is 7. The fraction of sp³-hybridized carbons (Fsp3) is 0.100. The zero-order valence-electron chi connectivity index (χ0n) is 15.1. The van der Waals surface area contributed by atoms with E-state index in [-0.39, 0.29) is 38.6 Å². The monoisotopic (exact) mass is 396 g/mol. The minimum absolute atomic E-state index is 0.0304. The Labute approximate surface area is 161 Å². The molecule has 0 bridgehead atoms. The largest absolute Gasteiger partial charge is 0.504 e. The first-order valence-electron chi connectivity index (χ1n) is 8.36. The minimum Gasteiger partial charge on any atom is -0.504 e. The zero-order valence-corrected chi connectivity index (χ0v) is 15.9. The highest BCUT2D eigenvalue weighted by Crippen LogP contribution is 2.39. The third-order valence-corrected chi connectivity index (χ3v) is 6.23. The molecule has 0 saturated heterocycles. The van der Waals surface area contributed by atoms with Gasteiger partial charge in [-0.15, -0.1) is 0 Å². The van der Waals surface area contributed by atoms with Crippen LogP contribution in [0.2, 0.25) is 0 Å². The number of phenols is 1. The van der Waals surface area contributed by atoms with E-state index in [4.69, 9.17) is 9.26 Å². The molecular formula is C20H16N2O5S. The highest BCUT2D eigenvalue weighted by atomic mass is 32.2. The topological polar surface area (TPSA) is 103 Å². The molecule has 0 atom stereocenters. The van der Waals surface area contributed by atoms with Gasteiger partial charge in [0.1, 0.15) is 0 Å². The van der Waals surface area contributed by atoms with Gasteiger partial charge < -0.3 is 14.4 Å². The molecule has 0 aliphatic rings. The van der Waals surface area contributed by atoms with Crippen LogP contribution in [0.15, 0.2) is 68.9 Å². The molecule has 142 valence electrons. The molecule has 0 amide bonds. The number of aryl methyl sites for hydroxylation is 1. The molecule has 0 unspecified atom stereocenters. The summed E-state index contributed by atoms with van der Waals surface area (Å²) in [7, 11) is -2.65. The Morgan fingerprint density at radius 1 is 1.04 bits per heavy atom. The molecule has 8 heteroatoms. The van der Waals surface area contributed by atoms with Crippen LogP contribution in [0.4, 0.5) is 0 Å². The minimum atomic E-state index is -4.00. The van der Waals surface area contributed by atoms with Crippen LogP contribution in [0.3, 0.4) is 0 Å². The number of methoxy groups -OCH3 is 1. The van der Waals surface area contributed by atoms with Crippen molar-refractivity contribution in [2.24, 2.45) is 0 Å². The zero-order chi connectivity index (χ0) is 19.9. The number of fused-ring (bicyclic) bond motifs is 1. The predicted molar refractivity (Wildman–Crippen MR) is 102 cm³/mol. The van der Waals surface area contributed by atoms with Crippen LogP contribution in [0.1, 0.15) is 5.89 Å². The molecule has 0 aliphatic carbocycles. The summed E-state index contributed by atoms with van der Waals surface area (Å²) in [5, 5.41) is 15.4. The second-order valence-corrected chi connectivity index (χ2v) is 8.02. The standard InChI is InChI=1S/C20H16N2O5S/c1-12-21-20(22-27-12)15-10-16(23)17(26-2)11-19(15)28(24,25)18-9-5-7-13-6-3-4-8-14(13)18/h3-11,23H,1-2H3. The van der Waals surface area contributed by atoms with E-state index < -0.39 is 9.84 Å². The summed E-state index contributed by atoms with van der Waals surface area (Å²) in [6, 6.07) is 14.8. The molecule has 7 nitrogen and oxygen atoms in total. The van der Waals surface area contributed by atoms with E-state index in [2.05, 4.69) is 10.1 Å². The van der Waals surface area contributed by atoms with E-state index in [1.54, 1.807) is 31.2 Å². The van der Waals surface area contributed by atoms with Crippen molar-refractivity contribution >= 4 is 20.6 Å². The number of aromatic hydroxyl groups is 1. The Balaban J connectivity index is 2.04. The highest BCUT2D eigenvalue weighted by Gasteiger charge is 2.28. The molecule has 4 aromatic rings. The lowest BCUT2D eigenvalue weighted by Crippen LogP contribution is -2.06. The maximum atomic E-state index is 13.6. The van der Waals surface area contributed by atoms with Gasteiger partial charge in [0.25, 0.3) is 0 Å². The maximum Gasteiger partial charge on any atom is 0.223 e. The fourth-order valence-corrected chi connectivity index (χ4v) is 4.74. The molecule has 0 spiro atoms. The quantitative estimate of drug-likeness (QED) is 0.560. The van der Waals surface area contributed by atoms with Gasteiger partial charge in [0.05, 0.1) is 16.9 Å². The molecule has 1 aromatic heterocycles. The highest BCUT2D eigenvalue weighted by molar-refractivity contribution is 7.91. The van der Waals surface area contributed by atoms with Crippen LogP contribution in [-0.4, -0.2) is 30.8 Å². The van der Waals surface area contributed by atoms with Gasteiger partial charge in [-0.25, -0.2) is 8.42 Å². The van der Waals surface area contributed by atoms with Gasteiger partial charge in [0.15, 0.2) is 11.5 Å². The lowest BCUT2D eigenvalue weighted by Gasteiger charge is -2.13. The lowest BCUT2D eigenvalue weighted by molar-refractivity contribution is 0.372. The average Bonchev–Trinajstić information content (AvgIpc) is 3.13. The normalized spacial score (nSPS) is 11.6. The van der Waals surface area contributed by atoms with E-state index in [0.717, 1.165) is 5.39 Å². The molecule has 0 saturated carbocycles. The summed E-state index contributed by atoms with van der Waals surface area (Å²) in [6.07, 6.45) is 0. The first kappa shape index (κ1) is 18.0. The van der Waals surface area contributed by atoms with Crippen molar-refractivity contribution in [2.45, 2.75) is 16.7 Å². The third-order valence-electron chi connectivity index (χ3n) is 4.38. The third kappa shape index (κ3) is 2.87. The van der Waals surface area contributed by atoms with Crippen molar-refractivity contribution in [1.29, 1.82) is 0 Å². The number of phenolic OH excluding ortho intramolecular Hbond substituents is 1. The Hall–Kier alpha value is -3.39. The second kappa shape index (κ2) is 6.65.